The van der Waals surface area contributed by atoms with Crippen molar-refractivity contribution in [1.29, 1.82) is 0 Å². The maximum absolute atomic E-state index is 15.4. The van der Waals surface area contributed by atoms with Gasteiger partial charge in [-0.15, -0.1) is 0 Å². The van der Waals surface area contributed by atoms with Crippen LogP contribution in [-0.4, -0.2) is 34.9 Å². The molecule has 0 radical (unpaired) electrons. The minimum Gasteiger partial charge on any atom is -0.508 e. The molecule has 3 nitrogen and oxygen atoms in total. The van der Waals surface area contributed by atoms with E-state index in [1.54, 1.807) is 6.07 Å². The fraction of sp³-hybridized carbons (Fsp3) is 0.741. The molecule has 3 unspecified atom stereocenters. The van der Waals surface area contributed by atoms with E-state index >= 15 is 8.78 Å². The summed E-state index contributed by atoms with van der Waals surface area (Å²) in [6, 6.07) is 5.65. The predicted octanol–water partition coefficient (Wildman–Crippen LogP) is 6.29. The number of amides is 1. The summed E-state index contributed by atoms with van der Waals surface area (Å²) in [7, 11) is 0. The molecule has 0 aromatic heterocycles. The molecule has 1 aliphatic heterocycles. The van der Waals surface area contributed by atoms with Crippen molar-refractivity contribution in [2.24, 2.45) is 23.2 Å². The number of halogens is 2. The van der Waals surface area contributed by atoms with Gasteiger partial charge in [0.25, 0.3) is 5.92 Å². The van der Waals surface area contributed by atoms with Gasteiger partial charge in [0.15, 0.2) is 0 Å². The van der Waals surface area contributed by atoms with E-state index < -0.39 is 11.3 Å². The number of rotatable bonds is 4. The van der Waals surface area contributed by atoms with Crippen LogP contribution in [0.15, 0.2) is 18.2 Å². The average molecular weight is 446 g/mol. The molecule has 1 heterocycles. The van der Waals surface area contributed by atoms with Crippen molar-refractivity contribution in [3.63, 3.8) is 0 Å². The van der Waals surface area contributed by atoms with Crippen LogP contribution in [0.1, 0.15) is 88.2 Å². The van der Waals surface area contributed by atoms with Gasteiger partial charge in [-0.3, -0.25) is 4.79 Å². The van der Waals surface area contributed by atoms with Crippen LogP contribution < -0.4 is 0 Å². The minimum atomic E-state index is -2.63. The van der Waals surface area contributed by atoms with Crippen LogP contribution in [0.25, 0.3) is 0 Å². The maximum Gasteiger partial charge on any atom is 0.253 e. The number of phenols is 1. The van der Waals surface area contributed by atoms with Gasteiger partial charge in [0.05, 0.1) is 0 Å². The Hall–Kier alpha value is -1.65. The predicted molar refractivity (Wildman–Crippen MR) is 121 cm³/mol. The van der Waals surface area contributed by atoms with Crippen molar-refractivity contribution in [2.45, 2.75) is 89.4 Å². The fourth-order valence-electron chi connectivity index (χ4n) is 7.90. The highest BCUT2D eigenvalue weighted by atomic mass is 19.3. The molecular formula is C27H37F2NO2. The molecule has 1 amide bonds. The molecule has 32 heavy (non-hydrogen) atoms. The Morgan fingerprint density at radius 3 is 2.75 bits per heavy atom. The Balaban J connectivity index is 1.32. The van der Waals surface area contributed by atoms with Crippen molar-refractivity contribution >= 4 is 5.91 Å². The second-order valence-electron chi connectivity index (χ2n) is 11.2. The number of carbonyl (C=O) groups excluding carboxylic acids is 1. The van der Waals surface area contributed by atoms with Crippen LogP contribution >= 0.6 is 0 Å². The zero-order valence-corrected chi connectivity index (χ0v) is 19.3. The fourth-order valence-corrected chi connectivity index (χ4v) is 7.90. The standard InChI is InChI=1S/C27H37F2NO2/c1-26-13-12-22-21-11-9-20(31)16-18(21)8-10-23(22)25(26)19(17-27(26,28)29)6-5-7-24(32)30-14-3-2-4-15-30/h9,11,16,19,22-23,25,31H,2-8,10,12-15,17H2,1H3/t19-,22?,23?,25?,26-/m0/s1. The molecule has 2 saturated carbocycles. The molecule has 3 aliphatic carbocycles. The van der Waals surface area contributed by atoms with Crippen LogP contribution in [0.3, 0.4) is 0 Å². The summed E-state index contributed by atoms with van der Waals surface area (Å²) in [5, 5.41) is 9.89. The van der Waals surface area contributed by atoms with Crippen LogP contribution in [0, 0.1) is 23.2 Å². The highest BCUT2D eigenvalue weighted by Crippen LogP contribution is 2.68. The number of hydrogen-bond acceptors (Lipinski definition) is 2. The number of aryl methyl sites for hydroxylation is 1. The van der Waals surface area contributed by atoms with Crippen LogP contribution in [0.2, 0.25) is 0 Å². The summed E-state index contributed by atoms with van der Waals surface area (Å²) < 4.78 is 30.8. The molecule has 0 spiro atoms. The molecular weight excluding hydrogens is 408 g/mol. The van der Waals surface area contributed by atoms with Crippen molar-refractivity contribution in [1.82, 2.24) is 4.90 Å². The molecule has 5 heteroatoms. The van der Waals surface area contributed by atoms with E-state index in [0.717, 1.165) is 58.0 Å². The van der Waals surface area contributed by atoms with E-state index in [-0.39, 0.29) is 30.1 Å². The molecule has 1 aromatic carbocycles. The zero-order chi connectivity index (χ0) is 22.5. The Morgan fingerprint density at radius 1 is 1.19 bits per heavy atom. The van der Waals surface area contributed by atoms with Gasteiger partial charge in [0, 0.05) is 31.3 Å². The van der Waals surface area contributed by atoms with E-state index in [1.807, 2.05) is 24.0 Å². The topological polar surface area (TPSA) is 40.5 Å². The highest BCUT2D eigenvalue weighted by molar-refractivity contribution is 5.76. The minimum absolute atomic E-state index is 0.00405. The summed E-state index contributed by atoms with van der Waals surface area (Å²) in [5.74, 6) is -1.50. The Labute approximate surface area is 190 Å². The molecule has 0 bridgehead atoms. The van der Waals surface area contributed by atoms with Crippen LogP contribution in [0.5, 0.6) is 5.75 Å². The number of phenolic OH excluding ortho intramolecular Hbond substituents is 1. The first-order valence-electron chi connectivity index (χ1n) is 12.8. The number of hydrogen-bond donors (Lipinski definition) is 1. The molecule has 1 aromatic rings. The van der Waals surface area contributed by atoms with Gasteiger partial charge in [-0.1, -0.05) is 13.0 Å². The molecule has 4 aliphatic rings. The number of likely N-dealkylation sites (tertiary alicyclic amines) is 1. The van der Waals surface area contributed by atoms with Crippen molar-refractivity contribution < 1.29 is 18.7 Å². The number of fused-ring (bicyclic) bond motifs is 5. The first-order valence-corrected chi connectivity index (χ1v) is 12.8. The molecule has 1 N–H and O–H groups in total. The number of piperidine rings is 1. The van der Waals surface area contributed by atoms with Gasteiger partial charge >= 0.3 is 0 Å². The molecule has 3 fully saturated rings. The lowest BCUT2D eigenvalue weighted by Gasteiger charge is -2.51. The van der Waals surface area contributed by atoms with Gasteiger partial charge in [-0.2, -0.15) is 0 Å². The Bertz CT molecular complexity index is 865. The highest BCUT2D eigenvalue weighted by Gasteiger charge is 2.67. The zero-order valence-electron chi connectivity index (χ0n) is 19.3. The van der Waals surface area contributed by atoms with Crippen LogP contribution in [0.4, 0.5) is 8.78 Å². The van der Waals surface area contributed by atoms with E-state index in [4.69, 9.17) is 0 Å². The van der Waals surface area contributed by atoms with E-state index in [0.29, 0.717) is 24.5 Å². The average Bonchev–Trinajstić information content (AvgIpc) is 2.99. The lowest BCUT2D eigenvalue weighted by molar-refractivity contribution is -0.134. The lowest BCUT2D eigenvalue weighted by atomic mass is 9.53. The first kappa shape index (κ1) is 22.2. The molecule has 5 atom stereocenters. The largest absolute Gasteiger partial charge is 0.508 e. The third-order valence-electron chi connectivity index (χ3n) is 9.50. The van der Waals surface area contributed by atoms with E-state index in [2.05, 4.69) is 0 Å². The van der Waals surface area contributed by atoms with E-state index in [1.165, 1.54) is 17.5 Å². The maximum atomic E-state index is 15.4. The quantitative estimate of drug-likeness (QED) is 0.591. The van der Waals surface area contributed by atoms with E-state index in [9.17, 15) is 9.90 Å². The van der Waals surface area contributed by atoms with Crippen molar-refractivity contribution in [3.8, 4) is 5.75 Å². The molecule has 176 valence electrons. The number of benzene rings is 1. The second kappa shape index (κ2) is 8.29. The summed E-state index contributed by atoms with van der Waals surface area (Å²) in [6.45, 7) is 3.57. The van der Waals surface area contributed by atoms with Gasteiger partial charge in [0.1, 0.15) is 5.75 Å². The number of carbonyl (C=O) groups is 1. The smallest absolute Gasteiger partial charge is 0.253 e. The van der Waals surface area contributed by atoms with Gasteiger partial charge in [-0.05, 0) is 105 Å². The molecule has 5 rings (SSSR count). The third-order valence-corrected chi connectivity index (χ3v) is 9.50. The first-order chi connectivity index (χ1) is 15.3. The normalized spacial score (nSPS) is 35.7. The molecule has 1 saturated heterocycles. The summed E-state index contributed by atoms with van der Waals surface area (Å²) in [6.07, 6.45) is 8.49. The summed E-state index contributed by atoms with van der Waals surface area (Å²) in [5.41, 5.74) is 1.54. The second-order valence-corrected chi connectivity index (χ2v) is 11.2. The monoisotopic (exact) mass is 445 g/mol. The Kier molecular flexibility index (Phi) is 5.74. The third kappa shape index (κ3) is 3.64. The van der Waals surface area contributed by atoms with Crippen LogP contribution in [-0.2, 0) is 11.2 Å². The van der Waals surface area contributed by atoms with Crippen molar-refractivity contribution in [2.75, 3.05) is 13.1 Å². The van der Waals surface area contributed by atoms with Gasteiger partial charge in [-0.25, -0.2) is 8.78 Å². The number of aromatic hydroxyl groups is 1. The SMILES string of the molecule is C[C@]12CCC3c4ccc(O)cc4CCC3C1[C@@H](CCCC(=O)N1CCCCC1)CC2(F)F. The lowest BCUT2D eigenvalue weighted by Crippen LogP contribution is -2.47. The Morgan fingerprint density at radius 2 is 1.97 bits per heavy atom. The summed E-state index contributed by atoms with van der Waals surface area (Å²) in [4.78, 5) is 14.6. The number of nitrogens with zero attached hydrogens (tertiary/aromatic N) is 1. The summed E-state index contributed by atoms with van der Waals surface area (Å²) >= 11 is 0. The van der Waals surface area contributed by atoms with Gasteiger partial charge in [0.2, 0.25) is 5.91 Å². The van der Waals surface area contributed by atoms with Gasteiger partial charge < -0.3 is 10.0 Å². The number of alkyl halides is 2. The van der Waals surface area contributed by atoms with Crippen molar-refractivity contribution in [3.05, 3.63) is 29.3 Å².